The van der Waals surface area contributed by atoms with E-state index >= 15 is 0 Å². The van der Waals surface area contributed by atoms with Crippen molar-refractivity contribution in [1.29, 1.82) is 0 Å². The second-order valence-corrected chi connectivity index (χ2v) is 7.75. The lowest BCUT2D eigenvalue weighted by atomic mass is 9.73. The minimum Gasteiger partial charge on any atom is -0.497 e. The van der Waals surface area contributed by atoms with Gasteiger partial charge in [0.15, 0.2) is 0 Å². The minimum absolute atomic E-state index is 0.0102. The lowest BCUT2D eigenvalue weighted by Crippen LogP contribution is -2.40. The van der Waals surface area contributed by atoms with E-state index < -0.39 is 5.60 Å². The zero-order valence-electron chi connectivity index (χ0n) is 14.1. The highest BCUT2D eigenvalue weighted by Gasteiger charge is 2.49. The van der Waals surface area contributed by atoms with E-state index in [0.29, 0.717) is 6.54 Å². The van der Waals surface area contributed by atoms with Gasteiger partial charge in [0.05, 0.1) is 7.11 Å². The number of fused-ring (bicyclic) bond motifs is 4. The van der Waals surface area contributed by atoms with Crippen LogP contribution in [-0.4, -0.2) is 36.3 Å². The summed E-state index contributed by atoms with van der Waals surface area (Å²) in [7, 11) is 1.69. The summed E-state index contributed by atoms with van der Waals surface area (Å²) < 4.78 is 10.9. The van der Waals surface area contributed by atoms with Crippen LogP contribution in [0.25, 0.3) is 0 Å². The van der Waals surface area contributed by atoms with Crippen LogP contribution in [0, 0.1) is 0 Å². The first-order valence-electron chi connectivity index (χ1n) is 7.89. The largest absolute Gasteiger partial charge is 0.497 e. The summed E-state index contributed by atoms with van der Waals surface area (Å²) in [5, 5.41) is 0. The molecule has 1 aliphatic carbocycles. The van der Waals surface area contributed by atoms with E-state index in [1.54, 1.807) is 7.11 Å². The smallest absolute Gasteiger partial charge is 0.410 e. The molecule has 1 amide bonds. The first-order valence-corrected chi connectivity index (χ1v) is 7.89. The van der Waals surface area contributed by atoms with Gasteiger partial charge >= 0.3 is 6.09 Å². The van der Waals surface area contributed by atoms with E-state index in [0.717, 1.165) is 18.6 Å². The third-order valence-corrected chi connectivity index (χ3v) is 4.70. The maximum absolute atomic E-state index is 12.5. The molecular weight excluding hydrogens is 278 g/mol. The number of hydrogen-bond donors (Lipinski definition) is 0. The average Bonchev–Trinajstić information content (AvgIpc) is 2.70. The van der Waals surface area contributed by atoms with Crippen molar-refractivity contribution in [3.05, 3.63) is 29.3 Å². The van der Waals surface area contributed by atoms with Crippen LogP contribution in [0.15, 0.2) is 18.2 Å². The molecule has 1 heterocycles. The van der Waals surface area contributed by atoms with E-state index in [1.165, 1.54) is 11.1 Å². The van der Waals surface area contributed by atoms with Crippen molar-refractivity contribution in [3.63, 3.8) is 0 Å². The van der Waals surface area contributed by atoms with E-state index in [2.05, 4.69) is 19.1 Å². The molecule has 3 rings (SSSR count). The van der Waals surface area contributed by atoms with Crippen LogP contribution in [-0.2, 0) is 16.6 Å². The maximum atomic E-state index is 12.5. The summed E-state index contributed by atoms with van der Waals surface area (Å²) in [5.74, 6) is 0.883. The molecule has 0 saturated carbocycles. The second kappa shape index (κ2) is 4.90. The Morgan fingerprint density at radius 3 is 2.73 bits per heavy atom. The van der Waals surface area contributed by atoms with Crippen molar-refractivity contribution in [1.82, 2.24) is 4.90 Å². The normalized spacial score (nSPS) is 26.6. The van der Waals surface area contributed by atoms with Crippen molar-refractivity contribution in [3.8, 4) is 5.75 Å². The zero-order valence-corrected chi connectivity index (χ0v) is 14.1. The summed E-state index contributed by atoms with van der Waals surface area (Å²) in [6.07, 6.45) is 1.70. The number of amides is 1. The van der Waals surface area contributed by atoms with E-state index in [4.69, 9.17) is 9.47 Å². The number of benzene rings is 1. The third kappa shape index (κ3) is 2.55. The van der Waals surface area contributed by atoms with Gasteiger partial charge in [-0.05, 0) is 56.9 Å². The third-order valence-electron chi connectivity index (χ3n) is 4.70. The summed E-state index contributed by atoms with van der Waals surface area (Å²) in [6, 6.07) is 6.51. The number of hydrogen-bond acceptors (Lipinski definition) is 3. The second-order valence-electron chi connectivity index (χ2n) is 7.75. The molecule has 0 N–H and O–H groups in total. The van der Waals surface area contributed by atoms with Crippen LogP contribution in [0.3, 0.4) is 0 Å². The lowest BCUT2D eigenvalue weighted by molar-refractivity contribution is 0.0224. The number of nitrogens with zero attached hydrogens (tertiary/aromatic N) is 1. The van der Waals surface area contributed by atoms with Gasteiger partial charge in [0, 0.05) is 18.0 Å². The molecule has 0 aromatic heterocycles. The van der Waals surface area contributed by atoms with Crippen LogP contribution in [0.1, 0.15) is 45.2 Å². The number of carbonyl (C=O) groups excluding carboxylic acids is 1. The summed E-state index contributed by atoms with van der Waals surface area (Å²) >= 11 is 0. The molecule has 120 valence electrons. The molecule has 4 nitrogen and oxygen atoms in total. The summed E-state index contributed by atoms with van der Waals surface area (Å²) in [5.41, 5.74) is 2.17. The highest BCUT2D eigenvalue weighted by molar-refractivity contribution is 5.70. The van der Waals surface area contributed by atoms with Crippen LogP contribution in [0.2, 0.25) is 0 Å². The van der Waals surface area contributed by atoms with Crippen LogP contribution >= 0.6 is 0 Å². The molecule has 2 bridgehead atoms. The van der Waals surface area contributed by atoms with Crippen molar-refractivity contribution in [2.45, 2.75) is 57.6 Å². The predicted octanol–water partition coefficient (Wildman–Crippen LogP) is 3.52. The van der Waals surface area contributed by atoms with E-state index in [1.807, 2.05) is 31.7 Å². The zero-order chi connectivity index (χ0) is 16.1. The van der Waals surface area contributed by atoms with Crippen LogP contribution in [0.5, 0.6) is 5.75 Å². The van der Waals surface area contributed by atoms with Crippen molar-refractivity contribution < 1.29 is 14.3 Å². The Morgan fingerprint density at radius 2 is 2.09 bits per heavy atom. The standard InChI is InChI=1S/C18H25NO3/c1-17(2,3)22-16(20)19-11-18(4)10-13(19)8-12-6-7-14(21-5)9-15(12)18/h6-7,9,13H,8,10-11H2,1-5H3/t13-,18+/m0/s1. The quantitative estimate of drug-likeness (QED) is 0.797. The molecule has 22 heavy (non-hydrogen) atoms. The fraction of sp³-hybridized carbons (Fsp3) is 0.611. The van der Waals surface area contributed by atoms with E-state index in [9.17, 15) is 4.79 Å². The van der Waals surface area contributed by atoms with Gasteiger partial charge in [-0.15, -0.1) is 0 Å². The van der Waals surface area contributed by atoms with Gasteiger partial charge in [-0.25, -0.2) is 4.79 Å². The molecule has 1 fully saturated rings. The van der Waals surface area contributed by atoms with Gasteiger partial charge < -0.3 is 14.4 Å². The van der Waals surface area contributed by atoms with E-state index in [-0.39, 0.29) is 17.6 Å². The van der Waals surface area contributed by atoms with Gasteiger partial charge in [-0.1, -0.05) is 13.0 Å². The highest BCUT2D eigenvalue weighted by Crippen LogP contribution is 2.46. The van der Waals surface area contributed by atoms with Gasteiger partial charge in [0.2, 0.25) is 0 Å². The molecule has 1 aliphatic heterocycles. The molecular formula is C18H25NO3. The summed E-state index contributed by atoms with van der Waals surface area (Å²) in [6.45, 7) is 8.69. The number of ether oxygens (including phenoxy) is 2. The molecule has 2 atom stereocenters. The Labute approximate surface area is 132 Å². The first-order chi connectivity index (χ1) is 10.2. The monoisotopic (exact) mass is 303 g/mol. The molecule has 0 unspecified atom stereocenters. The first kappa shape index (κ1) is 15.2. The topological polar surface area (TPSA) is 38.8 Å². The Bertz CT molecular complexity index is 605. The molecule has 2 aliphatic rings. The molecule has 4 heteroatoms. The number of likely N-dealkylation sites (tertiary alicyclic amines) is 1. The molecule has 1 aromatic rings. The maximum Gasteiger partial charge on any atom is 0.410 e. The Kier molecular flexibility index (Phi) is 3.38. The molecule has 1 aromatic carbocycles. The average molecular weight is 303 g/mol. The van der Waals surface area contributed by atoms with Gasteiger partial charge in [-0.2, -0.15) is 0 Å². The molecule has 1 saturated heterocycles. The Balaban J connectivity index is 1.88. The van der Waals surface area contributed by atoms with Crippen molar-refractivity contribution in [2.75, 3.05) is 13.7 Å². The fourth-order valence-electron chi connectivity index (χ4n) is 3.79. The summed E-state index contributed by atoms with van der Waals surface area (Å²) in [4.78, 5) is 14.4. The Morgan fingerprint density at radius 1 is 1.36 bits per heavy atom. The van der Waals surface area contributed by atoms with Crippen LogP contribution < -0.4 is 4.74 Å². The van der Waals surface area contributed by atoms with Crippen molar-refractivity contribution >= 4 is 6.09 Å². The molecule has 0 spiro atoms. The Hall–Kier alpha value is -1.71. The minimum atomic E-state index is -0.454. The molecule has 0 radical (unpaired) electrons. The number of rotatable bonds is 1. The van der Waals surface area contributed by atoms with Gasteiger partial charge in [0.25, 0.3) is 0 Å². The highest BCUT2D eigenvalue weighted by atomic mass is 16.6. The SMILES string of the molecule is COc1ccc2c(c1)[C@]1(C)C[C@H](C2)N(C(=O)OC(C)(C)C)C1. The van der Waals surface area contributed by atoms with Crippen LogP contribution in [0.4, 0.5) is 4.79 Å². The number of methoxy groups -OCH3 is 1. The van der Waals surface area contributed by atoms with Gasteiger partial charge in [-0.3, -0.25) is 0 Å². The fourth-order valence-corrected chi connectivity index (χ4v) is 3.79. The van der Waals surface area contributed by atoms with Crippen molar-refractivity contribution in [2.24, 2.45) is 0 Å². The predicted molar refractivity (Wildman–Crippen MR) is 85.4 cm³/mol. The lowest BCUT2D eigenvalue weighted by Gasteiger charge is -2.31. The van der Waals surface area contributed by atoms with Gasteiger partial charge in [0.1, 0.15) is 11.4 Å². The number of carbonyl (C=O) groups is 1.